The smallest absolute Gasteiger partial charge is 0.229 e. The van der Waals surface area contributed by atoms with Gasteiger partial charge >= 0.3 is 0 Å². The molecule has 0 saturated carbocycles. The molecule has 1 fully saturated rings. The summed E-state index contributed by atoms with van der Waals surface area (Å²) in [6.07, 6.45) is 2.93. The van der Waals surface area contributed by atoms with Crippen LogP contribution in [0, 0.1) is 5.92 Å². The van der Waals surface area contributed by atoms with Crippen molar-refractivity contribution in [2.75, 3.05) is 13.1 Å². The molecule has 0 aromatic carbocycles. The minimum Gasteiger partial charge on any atom is -0.315 e. The van der Waals surface area contributed by atoms with E-state index in [0.29, 0.717) is 25.4 Å². The summed E-state index contributed by atoms with van der Waals surface area (Å²) in [4.78, 5) is 24.9. The van der Waals surface area contributed by atoms with Crippen molar-refractivity contribution in [2.24, 2.45) is 5.92 Å². The maximum absolute atomic E-state index is 11.7. The Morgan fingerprint density at radius 1 is 1.35 bits per heavy atom. The Balaban J connectivity index is 2.31. The van der Waals surface area contributed by atoms with Crippen LogP contribution in [-0.4, -0.2) is 35.8 Å². The van der Waals surface area contributed by atoms with Gasteiger partial charge < -0.3 is 5.32 Å². The summed E-state index contributed by atoms with van der Waals surface area (Å²) in [6, 6.07) is 0.453. The van der Waals surface area contributed by atoms with Gasteiger partial charge in [0, 0.05) is 25.4 Å². The molecule has 0 aliphatic carbocycles. The van der Waals surface area contributed by atoms with Gasteiger partial charge in [0.25, 0.3) is 0 Å². The second-order valence-corrected chi connectivity index (χ2v) is 5.05. The van der Waals surface area contributed by atoms with Crippen molar-refractivity contribution in [3.05, 3.63) is 0 Å². The zero-order chi connectivity index (χ0) is 12.8. The highest BCUT2D eigenvalue weighted by Crippen LogP contribution is 2.19. The quantitative estimate of drug-likeness (QED) is 0.717. The van der Waals surface area contributed by atoms with Crippen LogP contribution in [-0.2, 0) is 9.59 Å². The fourth-order valence-corrected chi connectivity index (χ4v) is 2.28. The molecule has 0 aromatic heterocycles. The van der Waals surface area contributed by atoms with Gasteiger partial charge in [-0.2, -0.15) is 0 Å². The number of hydrogen-bond donors (Lipinski definition) is 1. The van der Waals surface area contributed by atoms with E-state index in [1.807, 2.05) is 6.92 Å². The van der Waals surface area contributed by atoms with Gasteiger partial charge in [0.2, 0.25) is 11.8 Å². The molecule has 1 aliphatic rings. The number of piperidine rings is 1. The van der Waals surface area contributed by atoms with Crippen LogP contribution in [0.4, 0.5) is 0 Å². The van der Waals surface area contributed by atoms with E-state index in [-0.39, 0.29) is 17.7 Å². The molecule has 0 bridgehead atoms. The molecule has 1 N–H and O–H groups in total. The summed E-state index contributed by atoms with van der Waals surface area (Å²) in [5.74, 6) is 0.224. The monoisotopic (exact) mass is 240 g/mol. The molecule has 4 heteroatoms. The van der Waals surface area contributed by atoms with Crippen LogP contribution >= 0.6 is 0 Å². The minimum atomic E-state index is 0.00449. The third-order valence-electron chi connectivity index (χ3n) is 3.22. The Morgan fingerprint density at radius 2 is 1.94 bits per heavy atom. The van der Waals surface area contributed by atoms with E-state index in [1.165, 1.54) is 4.90 Å². The Hall–Kier alpha value is -0.900. The predicted molar refractivity (Wildman–Crippen MR) is 67.5 cm³/mol. The van der Waals surface area contributed by atoms with Crippen molar-refractivity contribution in [3.8, 4) is 0 Å². The first-order valence-corrected chi connectivity index (χ1v) is 6.61. The molecule has 2 amide bonds. The van der Waals surface area contributed by atoms with Crippen molar-refractivity contribution in [3.63, 3.8) is 0 Å². The molecule has 1 unspecified atom stereocenters. The van der Waals surface area contributed by atoms with Gasteiger partial charge in [-0.25, -0.2) is 0 Å². The van der Waals surface area contributed by atoms with Gasteiger partial charge in [0.1, 0.15) is 0 Å². The molecule has 1 heterocycles. The highest BCUT2D eigenvalue weighted by molar-refractivity contribution is 5.97. The van der Waals surface area contributed by atoms with Crippen molar-refractivity contribution in [1.29, 1.82) is 0 Å². The normalized spacial score (nSPS) is 19.8. The van der Waals surface area contributed by atoms with E-state index in [4.69, 9.17) is 0 Å². The lowest BCUT2D eigenvalue weighted by Gasteiger charge is -2.28. The van der Waals surface area contributed by atoms with Crippen molar-refractivity contribution >= 4 is 11.8 Å². The van der Waals surface area contributed by atoms with Crippen LogP contribution in [0.25, 0.3) is 0 Å². The van der Waals surface area contributed by atoms with Crippen molar-refractivity contribution in [2.45, 2.75) is 52.5 Å². The molecule has 98 valence electrons. The molecule has 1 atom stereocenters. The summed E-state index contributed by atoms with van der Waals surface area (Å²) in [5, 5.41) is 3.32. The summed E-state index contributed by atoms with van der Waals surface area (Å²) in [7, 11) is 0. The van der Waals surface area contributed by atoms with E-state index < -0.39 is 0 Å². The topological polar surface area (TPSA) is 49.4 Å². The number of carbonyl (C=O) groups excluding carboxylic acids is 2. The maximum Gasteiger partial charge on any atom is 0.229 e. The molecule has 17 heavy (non-hydrogen) atoms. The number of rotatable bonds is 6. The lowest BCUT2D eigenvalue weighted by molar-refractivity contribution is -0.149. The molecule has 1 saturated heterocycles. The summed E-state index contributed by atoms with van der Waals surface area (Å²) in [5.41, 5.74) is 0. The van der Waals surface area contributed by atoms with E-state index in [2.05, 4.69) is 19.2 Å². The highest BCUT2D eigenvalue weighted by atomic mass is 16.2. The van der Waals surface area contributed by atoms with Gasteiger partial charge in [0.15, 0.2) is 0 Å². The van der Waals surface area contributed by atoms with E-state index in [1.54, 1.807) is 0 Å². The number of hydrogen-bond acceptors (Lipinski definition) is 3. The first kappa shape index (κ1) is 14.2. The molecule has 4 nitrogen and oxygen atoms in total. The lowest BCUT2D eigenvalue weighted by Crippen LogP contribution is -2.43. The van der Waals surface area contributed by atoms with Crippen molar-refractivity contribution in [1.82, 2.24) is 10.2 Å². The Kier molecular flexibility index (Phi) is 5.62. The fraction of sp³-hybridized carbons (Fsp3) is 0.846. The third kappa shape index (κ3) is 4.46. The zero-order valence-corrected chi connectivity index (χ0v) is 11.2. The Bertz CT molecular complexity index is 261. The predicted octanol–water partition coefficient (Wildman–Crippen LogP) is 1.55. The molecule has 0 radical (unpaired) electrons. The van der Waals surface area contributed by atoms with Crippen LogP contribution < -0.4 is 5.32 Å². The van der Waals surface area contributed by atoms with Crippen LogP contribution in [0.3, 0.4) is 0 Å². The van der Waals surface area contributed by atoms with Gasteiger partial charge in [-0.3, -0.25) is 14.5 Å². The number of imide groups is 1. The summed E-state index contributed by atoms with van der Waals surface area (Å²) in [6.45, 7) is 7.71. The average Bonchev–Trinajstić information content (AvgIpc) is 2.22. The molecule has 0 spiro atoms. The number of nitrogens with one attached hydrogen (secondary N) is 1. The van der Waals surface area contributed by atoms with Crippen LogP contribution in [0.5, 0.6) is 0 Å². The number of amides is 2. The van der Waals surface area contributed by atoms with Gasteiger partial charge in [-0.05, 0) is 32.2 Å². The minimum absolute atomic E-state index is 0.00449. The van der Waals surface area contributed by atoms with E-state index in [9.17, 15) is 9.59 Å². The first-order chi connectivity index (χ1) is 8.04. The van der Waals surface area contributed by atoms with Crippen LogP contribution in [0.2, 0.25) is 0 Å². The van der Waals surface area contributed by atoms with Crippen LogP contribution in [0.1, 0.15) is 46.5 Å². The van der Waals surface area contributed by atoms with E-state index >= 15 is 0 Å². The van der Waals surface area contributed by atoms with Gasteiger partial charge in [-0.1, -0.05) is 13.8 Å². The van der Waals surface area contributed by atoms with Crippen molar-refractivity contribution < 1.29 is 9.59 Å². The Morgan fingerprint density at radius 3 is 2.47 bits per heavy atom. The first-order valence-electron chi connectivity index (χ1n) is 6.61. The summed E-state index contributed by atoms with van der Waals surface area (Å²) < 4.78 is 0. The average molecular weight is 240 g/mol. The number of carbonyl (C=O) groups is 2. The zero-order valence-electron chi connectivity index (χ0n) is 11.2. The SMILES string of the molecule is CCNC(C)CCCN1C(=O)CC(C)CC1=O. The fourth-order valence-electron chi connectivity index (χ4n) is 2.28. The van der Waals surface area contributed by atoms with Crippen LogP contribution in [0.15, 0.2) is 0 Å². The lowest BCUT2D eigenvalue weighted by atomic mass is 9.97. The largest absolute Gasteiger partial charge is 0.315 e. The number of nitrogens with zero attached hydrogens (tertiary/aromatic N) is 1. The maximum atomic E-state index is 11.7. The molecule has 1 aliphatic heterocycles. The second-order valence-electron chi connectivity index (χ2n) is 5.05. The van der Waals surface area contributed by atoms with E-state index in [0.717, 1.165) is 19.4 Å². The second kappa shape index (κ2) is 6.74. The summed E-state index contributed by atoms with van der Waals surface area (Å²) >= 11 is 0. The Labute approximate surface area is 104 Å². The number of likely N-dealkylation sites (tertiary alicyclic amines) is 1. The van der Waals surface area contributed by atoms with Gasteiger partial charge in [-0.15, -0.1) is 0 Å². The molecule has 1 rings (SSSR count). The molecule has 0 aromatic rings. The third-order valence-corrected chi connectivity index (χ3v) is 3.22. The van der Waals surface area contributed by atoms with Gasteiger partial charge in [0.05, 0.1) is 0 Å². The highest BCUT2D eigenvalue weighted by Gasteiger charge is 2.29. The molecular weight excluding hydrogens is 216 g/mol. The standard InChI is InChI=1S/C13H24N2O2/c1-4-14-11(3)6-5-7-15-12(16)8-10(2)9-13(15)17/h10-11,14H,4-9H2,1-3H3. The molecular formula is C13H24N2O2.